The quantitative estimate of drug-likeness (QED) is 0.852. The molecule has 2 fully saturated rings. The van der Waals surface area contributed by atoms with Crippen LogP contribution in [0.1, 0.15) is 49.1 Å². The van der Waals surface area contributed by atoms with E-state index in [9.17, 15) is 9.90 Å². The first-order chi connectivity index (χ1) is 13.1. The van der Waals surface area contributed by atoms with Gasteiger partial charge < -0.3 is 15.7 Å². The van der Waals surface area contributed by atoms with Crippen molar-refractivity contribution in [3.05, 3.63) is 65.7 Å². The molecule has 4 rings (SSSR count). The number of aromatic hydroxyl groups is 1. The number of fused-ring (bicyclic) bond motifs is 2. The molecule has 1 unspecified atom stereocenters. The van der Waals surface area contributed by atoms with Crippen molar-refractivity contribution in [2.45, 2.75) is 62.6 Å². The van der Waals surface area contributed by atoms with Crippen LogP contribution in [0.3, 0.4) is 0 Å². The molecule has 2 saturated heterocycles. The number of nitrogens with two attached hydrogens (primary N) is 1. The van der Waals surface area contributed by atoms with E-state index in [0.717, 1.165) is 32.1 Å². The zero-order valence-electron chi connectivity index (χ0n) is 15.6. The second-order valence-corrected chi connectivity index (χ2v) is 8.02. The van der Waals surface area contributed by atoms with Crippen molar-refractivity contribution in [1.29, 1.82) is 0 Å². The maximum absolute atomic E-state index is 13.0. The Kier molecular flexibility index (Phi) is 5.17. The number of piperidine rings is 1. The predicted molar refractivity (Wildman–Crippen MR) is 106 cm³/mol. The Morgan fingerprint density at radius 2 is 1.78 bits per heavy atom. The summed E-state index contributed by atoms with van der Waals surface area (Å²) in [7, 11) is 0. The highest BCUT2D eigenvalue weighted by atomic mass is 16.3. The van der Waals surface area contributed by atoms with Crippen LogP contribution in [0.15, 0.2) is 54.6 Å². The third-order valence-electron chi connectivity index (χ3n) is 6.23. The van der Waals surface area contributed by atoms with Crippen molar-refractivity contribution in [3.63, 3.8) is 0 Å². The van der Waals surface area contributed by atoms with E-state index in [0.29, 0.717) is 18.1 Å². The van der Waals surface area contributed by atoms with E-state index in [1.54, 1.807) is 6.07 Å². The van der Waals surface area contributed by atoms with Gasteiger partial charge in [0.25, 0.3) is 0 Å². The number of amides is 1. The van der Waals surface area contributed by atoms with Crippen LogP contribution in [0, 0.1) is 0 Å². The van der Waals surface area contributed by atoms with Gasteiger partial charge in [0.2, 0.25) is 5.91 Å². The van der Waals surface area contributed by atoms with E-state index in [1.165, 1.54) is 11.1 Å². The standard InChI is InChI=1S/C23H28N2O2/c24-22(12-9-16-5-2-1-3-6-16)23(27)25-19-10-11-20(25)14-18(13-19)17-7-4-8-21(26)15-17/h1-8,15,18-20,22,26H,9-14,24H2/t18-,19+,20-,22?. The van der Waals surface area contributed by atoms with E-state index >= 15 is 0 Å². The lowest BCUT2D eigenvalue weighted by molar-refractivity contribution is -0.137. The number of carbonyl (C=O) groups excluding carboxylic acids is 1. The summed E-state index contributed by atoms with van der Waals surface area (Å²) in [6.07, 6.45) is 5.60. The molecule has 1 amide bonds. The van der Waals surface area contributed by atoms with Gasteiger partial charge >= 0.3 is 0 Å². The smallest absolute Gasteiger partial charge is 0.239 e. The minimum atomic E-state index is -0.425. The van der Waals surface area contributed by atoms with Crippen molar-refractivity contribution in [3.8, 4) is 5.75 Å². The average Bonchev–Trinajstić information content (AvgIpc) is 2.95. The van der Waals surface area contributed by atoms with Gasteiger partial charge in [0.15, 0.2) is 0 Å². The van der Waals surface area contributed by atoms with Gasteiger partial charge in [-0.25, -0.2) is 0 Å². The molecule has 0 spiro atoms. The Morgan fingerprint density at radius 3 is 2.44 bits per heavy atom. The first kappa shape index (κ1) is 18.1. The lowest BCUT2D eigenvalue weighted by Gasteiger charge is -2.40. The molecule has 3 N–H and O–H groups in total. The van der Waals surface area contributed by atoms with Crippen LogP contribution in [-0.4, -0.2) is 34.0 Å². The second kappa shape index (κ2) is 7.73. The Hall–Kier alpha value is -2.33. The molecule has 0 saturated carbocycles. The van der Waals surface area contributed by atoms with Crippen LogP contribution in [0.5, 0.6) is 5.75 Å². The average molecular weight is 364 g/mol. The lowest BCUT2D eigenvalue weighted by Crippen LogP contribution is -2.52. The van der Waals surface area contributed by atoms with Gasteiger partial charge in [0, 0.05) is 12.1 Å². The zero-order chi connectivity index (χ0) is 18.8. The fourth-order valence-corrected chi connectivity index (χ4v) is 4.87. The van der Waals surface area contributed by atoms with Gasteiger partial charge in [0.05, 0.1) is 6.04 Å². The van der Waals surface area contributed by atoms with E-state index in [2.05, 4.69) is 23.1 Å². The van der Waals surface area contributed by atoms with Crippen LogP contribution in [-0.2, 0) is 11.2 Å². The Balaban J connectivity index is 1.39. The summed E-state index contributed by atoms with van der Waals surface area (Å²) in [5.74, 6) is 0.855. The molecule has 2 heterocycles. The van der Waals surface area contributed by atoms with E-state index < -0.39 is 6.04 Å². The SMILES string of the molecule is NC(CCc1ccccc1)C(=O)N1[C@@H]2CC[C@H]1C[C@@H](c1cccc(O)c1)C2. The topological polar surface area (TPSA) is 66.6 Å². The maximum Gasteiger partial charge on any atom is 0.239 e. The fourth-order valence-electron chi connectivity index (χ4n) is 4.87. The van der Waals surface area contributed by atoms with Crippen molar-refractivity contribution >= 4 is 5.91 Å². The molecular weight excluding hydrogens is 336 g/mol. The molecule has 4 heteroatoms. The van der Waals surface area contributed by atoms with Crippen molar-refractivity contribution in [2.75, 3.05) is 0 Å². The van der Waals surface area contributed by atoms with E-state index in [-0.39, 0.29) is 18.0 Å². The predicted octanol–water partition coefficient (Wildman–Crippen LogP) is 3.59. The molecule has 2 bridgehead atoms. The molecule has 2 aliphatic heterocycles. The summed E-state index contributed by atoms with van der Waals surface area (Å²) in [5.41, 5.74) is 8.70. The van der Waals surface area contributed by atoms with E-state index in [1.807, 2.05) is 30.3 Å². The normalized spacial score (nSPS) is 25.4. The van der Waals surface area contributed by atoms with Crippen molar-refractivity contribution < 1.29 is 9.90 Å². The van der Waals surface area contributed by atoms with Gasteiger partial charge in [-0.05, 0) is 67.7 Å². The third kappa shape index (κ3) is 3.86. The van der Waals surface area contributed by atoms with Gasteiger partial charge in [-0.2, -0.15) is 0 Å². The molecule has 0 radical (unpaired) electrons. The fraction of sp³-hybridized carbons (Fsp3) is 0.435. The third-order valence-corrected chi connectivity index (χ3v) is 6.23. The van der Waals surface area contributed by atoms with Crippen LogP contribution >= 0.6 is 0 Å². The van der Waals surface area contributed by atoms with Crippen LogP contribution in [0.25, 0.3) is 0 Å². The largest absolute Gasteiger partial charge is 0.508 e. The zero-order valence-corrected chi connectivity index (χ0v) is 15.6. The molecule has 2 aromatic carbocycles. The van der Waals surface area contributed by atoms with Crippen LogP contribution < -0.4 is 5.73 Å². The first-order valence-corrected chi connectivity index (χ1v) is 10.0. The maximum atomic E-state index is 13.0. The highest BCUT2D eigenvalue weighted by Gasteiger charge is 2.44. The number of benzene rings is 2. The molecule has 4 atom stereocenters. The number of rotatable bonds is 5. The molecule has 2 aromatic rings. The van der Waals surface area contributed by atoms with E-state index in [4.69, 9.17) is 5.73 Å². The number of carbonyl (C=O) groups is 1. The van der Waals surface area contributed by atoms with Gasteiger partial charge in [-0.3, -0.25) is 4.79 Å². The molecule has 2 aliphatic rings. The highest BCUT2D eigenvalue weighted by molar-refractivity contribution is 5.82. The monoisotopic (exact) mass is 364 g/mol. The molecule has 0 aliphatic carbocycles. The summed E-state index contributed by atoms with van der Waals surface area (Å²) in [6, 6.07) is 17.9. The molecule has 4 nitrogen and oxygen atoms in total. The van der Waals surface area contributed by atoms with Gasteiger partial charge in [-0.1, -0.05) is 42.5 Å². The van der Waals surface area contributed by atoms with Crippen LogP contribution in [0.2, 0.25) is 0 Å². The summed E-state index contributed by atoms with van der Waals surface area (Å²) < 4.78 is 0. The summed E-state index contributed by atoms with van der Waals surface area (Å²) >= 11 is 0. The number of hydrogen-bond donors (Lipinski definition) is 2. The number of phenolic OH excluding ortho intramolecular Hbond substituents is 1. The molecule has 142 valence electrons. The van der Waals surface area contributed by atoms with Crippen LogP contribution in [0.4, 0.5) is 0 Å². The summed E-state index contributed by atoms with van der Waals surface area (Å²) in [6.45, 7) is 0. The van der Waals surface area contributed by atoms with Gasteiger partial charge in [0.1, 0.15) is 5.75 Å². The Labute approximate surface area is 161 Å². The summed E-state index contributed by atoms with van der Waals surface area (Å²) in [4.78, 5) is 15.1. The molecule has 0 aromatic heterocycles. The number of phenols is 1. The minimum Gasteiger partial charge on any atom is -0.508 e. The summed E-state index contributed by atoms with van der Waals surface area (Å²) in [5, 5.41) is 9.78. The Bertz CT molecular complexity index is 778. The number of nitrogens with zero attached hydrogens (tertiary/aromatic N) is 1. The highest BCUT2D eigenvalue weighted by Crippen LogP contribution is 2.43. The lowest BCUT2D eigenvalue weighted by atomic mass is 9.84. The minimum absolute atomic E-state index is 0.118. The number of aryl methyl sites for hydroxylation is 1. The first-order valence-electron chi connectivity index (χ1n) is 10.0. The Morgan fingerprint density at radius 1 is 1.07 bits per heavy atom. The molecular formula is C23H28N2O2. The number of hydrogen-bond acceptors (Lipinski definition) is 3. The van der Waals surface area contributed by atoms with Gasteiger partial charge in [-0.15, -0.1) is 0 Å². The second-order valence-electron chi connectivity index (χ2n) is 8.02. The van der Waals surface area contributed by atoms with Crippen molar-refractivity contribution in [1.82, 2.24) is 4.90 Å². The molecule has 27 heavy (non-hydrogen) atoms. The van der Waals surface area contributed by atoms with Crippen molar-refractivity contribution in [2.24, 2.45) is 5.73 Å².